The number of benzene rings is 3. The van der Waals surface area contributed by atoms with Crippen LogP contribution in [0.25, 0.3) is 5.70 Å². The molecule has 1 aromatic heterocycles. The van der Waals surface area contributed by atoms with Crippen molar-refractivity contribution in [3.8, 4) is 5.75 Å². The van der Waals surface area contributed by atoms with Crippen molar-refractivity contribution in [3.63, 3.8) is 0 Å². The summed E-state index contributed by atoms with van der Waals surface area (Å²) >= 11 is 18.7. The number of rotatable bonds is 2. The number of anilines is 1. The zero-order valence-electron chi connectivity index (χ0n) is 16.5. The highest BCUT2D eigenvalue weighted by Gasteiger charge is 2.41. The van der Waals surface area contributed by atoms with Gasteiger partial charge < -0.3 is 10.1 Å². The number of aromatic nitrogens is 3. The van der Waals surface area contributed by atoms with Gasteiger partial charge in [-0.25, -0.2) is 4.68 Å². The predicted molar refractivity (Wildman–Crippen MR) is 126 cm³/mol. The third kappa shape index (κ3) is 3.16. The van der Waals surface area contributed by atoms with Crippen molar-refractivity contribution < 1.29 is 4.74 Å². The van der Waals surface area contributed by atoms with Gasteiger partial charge in [-0.3, -0.25) is 0 Å². The van der Waals surface area contributed by atoms with Crippen LogP contribution in [0.15, 0.2) is 78.6 Å². The topological polar surface area (TPSA) is 52.0 Å². The second-order valence-electron chi connectivity index (χ2n) is 7.63. The van der Waals surface area contributed by atoms with Gasteiger partial charge in [0.15, 0.2) is 0 Å². The number of fused-ring (bicyclic) bond motifs is 3. The van der Waals surface area contributed by atoms with E-state index in [0.29, 0.717) is 21.0 Å². The van der Waals surface area contributed by atoms with E-state index in [4.69, 9.17) is 39.5 Å². The molecule has 0 saturated carbocycles. The zero-order valence-corrected chi connectivity index (χ0v) is 18.7. The number of hydrogen-bond acceptors (Lipinski definition) is 4. The summed E-state index contributed by atoms with van der Waals surface area (Å²) in [6.45, 7) is 0. The Balaban J connectivity index is 1.63. The van der Waals surface area contributed by atoms with Gasteiger partial charge in [0.05, 0.1) is 5.70 Å². The van der Waals surface area contributed by atoms with Crippen molar-refractivity contribution in [1.29, 1.82) is 0 Å². The van der Waals surface area contributed by atoms with E-state index < -0.39 is 0 Å². The fourth-order valence-electron chi connectivity index (χ4n) is 4.32. The van der Waals surface area contributed by atoms with E-state index >= 15 is 0 Å². The Bertz CT molecular complexity index is 1360. The Labute approximate surface area is 199 Å². The van der Waals surface area contributed by atoms with Gasteiger partial charge in [-0.15, -0.1) is 0 Å². The molecule has 3 heterocycles. The van der Waals surface area contributed by atoms with Crippen LogP contribution in [0.2, 0.25) is 15.1 Å². The molecular weight excluding hydrogens is 467 g/mol. The molecule has 0 fully saturated rings. The molecule has 0 aliphatic carbocycles. The van der Waals surface area contributed by atoms with Gasteiger partial charge in [0.1, 0.15) is 24.2 Å². The second-order valence-corrected chi connectivity index (χ2v) is 8.94. The Kier molecular flexibility index (Phi) is 4.65. The Morgan fingerprint density at radius 3 is 2.19 bits per heavy atom. The second kappa shape index (κ2) is 7.55. The third-order valence-corrected chi connectivity index (χ3v) is 6.47. The summed E-state index contributed by atoms with van der Waals surface area (Å²) < 4.78 is 8.43. The molecule has 32 heavy (non-hydrogen) atoms. The van der Waals surface area contributed by atoms with Gasteiger partial charge in [0, 0.05) is 26.2 Å². The zero-order chi connectivity index (χ0) is 21.8. The van der Waals surface area contributed by atoms with E-state index in [-0.39, 0.29) is 12.1 Å². The predicted octanol–water partition coefficient (Wildman–Crippen LogP) is 6.80. The Morgan fingerprint density at radius 2 is 1.47 bits per heavy atom. The molecular formula is C24H15Cl3N4O. The molecule has 0 amide bonds. The SMILES string of the molecule is Clc1ccc(C2Oc3ccc(Cl)cc3C3=C2C(c2ccc(Cl)cc2)n2ncnc2N3)cc1. The van der Waals surface area contributed by atoms with Crippen molar-refractivity contribution in [2.45, 2.75) is 12.1 Å². The number of hydrogen-bond donors (Lipinski definition) is 1. The van der Waals surface area contributed by atoms with Gasteiger partial charge in [-0.05, 0) is 53.6 Å². The quantitative estimate of drug-likeness (QED) is 0.342. The summed E-state index contributed by atoms with van der Waals surface area (Å²) in [5, 5.41) is 9.94. The number of ether oxygens (including phenoxy) is 1. The molecule has 2 atom stereocenters. The molecule has 0 spiro atoms. The lowest BCUT2D eigenvalue weighted by Crippen LogP contribution is -2.32. The van der Waals surface area contributed by atoms with E-state index in [1.807, 2.05) is 71.4 Å². The lowest BCUT2D eigenvalue weighted by Gasteiger charge is -2.39. The maximum absolute atomic E-state index is 6.56. The minimum absolute atomic E-state index is 0.256. The van der Waals surface area contributed by atoms with Crippen molar-refractivity contribution in [2.75, 3.05) is 5.32 Å². The molecule has 3 aromatic carbocycles. The smallest absolute Gasteiger partial charge is 0.226 e. The van der Waals surface area contributed by atoms with Gasteiger partial charge in [0.2, 0.25) is 5.95 Å². The summed E-state index contributed by atoms with van der Waals surface area (Å²) in [7, 11) is 0. The van der Waals surface area contributed by atoms with Crippen LogP contribution < -0.4 is 10.1 Å². The first-order valence-electron chi connectivity index (χ1n) is 9.96. The molecule has 6 rings (SSSR count). The average molecular weight is 482 g/mol. The van der Waals surface area contributed by atoms with Crippen molar-refractivity contribution >= 4 is 46.4 Å². The highest BCUT2D eigenvalue weighted by Crippen LogP contribution is 2.51. The van der Waals surface area contributed by atoms with Crippen LogP contribution in [0.4, 0.5) is 5.95 Å². The number of halogens is 3. The number of nitrogens with one attached hydrogen (secondary N) is 1. The largest absolute Gasteiger partial charge is 0.480 e. The summed E-state index contributed by atoms with van der Waals surface area (Å²) in [6, 6.07) is 20.8. The van der Waals surface area contributed by atoms with Crippen molar-refractivity contribution in [3.05, 3.63) is 110 Å². The maximum Gasteiger partial charge on any atom is 0.226 e. The first kappa shape index (κ1) is 19.7. The highest BCUT2D eigenvalue weighted by atomic mass is 35.5. The minimum Gasteiger partial charge on any atom is -0.480 e. The van der Waals surface area contributed by atoms with Crippen LogP contribution in [0.1, 0.15) is 28.8 Å². The van der Waals surface area contributed by atoms with E-state index in [2.05, 4.69) is 15.4 Å². The van der Waals surface area contributed by atoms with Gasteiger partial charge in [-0.1, -0.05) is 59.1 Å². The van der Waals surface area contributed by atoms with Crippen LogP contribution in [-0.2, 0) is 0 Å². The van der Waals surface area contributed by atoms with Gasteiger partial charge >= 0.3 is 0 Å². The van der Waals surface area contributed by atoms with Crippen LogP contribution in [-0.4, -0.2) is 14.8 Å². The summed E-state index contributed by atoms with van der Waals surface area (Å²) in [4.78, 5) is 4.44. The molecule has 2 aliphatic rings. The Morgan fingerprint density at radius 1 is 0.812 bits per heavy atom. The lowest BCUT2D eigenvalue weighted by molar-refractivity contribution is 0.223. The maximum atomic E-state index is 6.56. The molecule has 4 aromatic rings. The molecule has 2 aliphatic heterocycles. The van der Waals surface area contributed by atoms with Crippen molar-refractivity contribution in [1.82, 2.24) is 14.8 Å². The summed E-state index contributed by atoms with van der Waals surface area (Å²) in [5.74, 6) is 1.38. The molecule has 0 bridgehead atoms. The van der Waals surface area contributed by atoms with Crippen molar-refractivity contribution in [2.24, 2.45) is 0 Å². The fraction of sp³-hybridized carbons (Fsp3) is 0.0833. The van der Waals surface area contributed by atoms with Crippen LogP contribution in [0, 0.1) is 0 Å². The van der Waals surface area contributed by atoms with E-state index in [9.17, 15) is 0 Å². The molecule has 0 radical (unpaired) electrons. The first-order chi connectivity index (χ1) is 15.6. The van der Waals surface area contributed by atoms with E-state index in [0.717, 1.165) is 33.7 Å². The average Bonchev–Trinajstić information content (AvgIpc) is 3.27. The van der Waals surface area contributed by atoms with Crippen LogP contribution in [0.5, 0.6) is 5.75 Å². The van der Waals surface area contributed by atoms with Crippen LogP contribution in [0.3, 0.4) is 0 Å². The van der Waals surface area contributed by atoms with Crippen LogP contribution >= 0.6 is 34.8 Å². The summed E-state index contributed by atoms with van der Waals surface area (Å²) in [5.41, 5.74) is 4.79. The Hall–Kier alpha value is -2.99. The standard InChI is InChI=1S/C24H15Cl3N4O/c25-15-5-1-13(2-6-15)22-20-21(30-24-28-12-29-31(22)24)18-11-17(27)9-10-19(18)32-23(20)14-3-7-16(26)8-4-14/h1-12,22-23H,(H,28,29,30). The number of nitrogens with zero attached hydrogens (tertiary/aromatic N) is 3. The summed E-state index contributed by atoms with van der Waals surface area (Å²) in [6.07, 6.45) is 1.17. The normalized spacial score (nSPS) is 18.8. The first-order valence-corrected chi connectivity index (χ1v) is 11.1. The van der Waals surface area contributed by atoms with Gasteiger partial charge in [0.25, 0.3) is 0 Å². The molecule has 0 saturated heterocycles. The molecule has 158 valence electrons. The van der Waals surface area contributed by atoms with Gasteiger partial charge in [-0.2, -0.15) is 10.1 Å². The van der Waals surface area contributed by atoms with E-state index in [1.165, 1.54) is 0 Å². The molecule has 2 unspecified atom stereocenters. The molecule has 5 nitrogen and oxygen atoms in total. The lowest BCUT2D eigenvalue weighted by atomic mass is 9.84. The van der Waals surface area contributed by atoms with E-state index in [1.54, 1.807) is 6.33 Å². The molecule has 8 heteroatoms. The fourth-order valence-corrected chi connectivity index (χ4v) is 4.74. The monoisotopic (exact) mass is 480 g/mol. The minimum atomic E-state index is -0.374. The molecule has 1 N–H and O–H groups in total. The third-order valence-electron chi connectivity index (χ3n) is 5.73. The highest BCUT2D eigenvalue weighted by molar-refractivity contribution is 6.31.